The molecule has 0 amide bonds. The Morgan fingerprint density at radius 1 is 1.37 bits per heavy atom. The second kappa shape index (κ2) is 5.63. The molecule has 19 heavy (non-hydrogen) atoms. The molecule has 0 bridgehead atoms. The molecule has 4 nitrogen and oxygen atoms in total. The molecule has 0 N–H and O–H groups in total. The number of carbonyl (C=O) groups excluding carboxylic acids is 1. The van der Waals surface area contributed by atoms with Crippen LogP contribution in [0.25, 0.3) is 0 Å². The van der Waals surface area contributed by atoms with Crippen LogP contribution in [0.3, 0.4) is 0 Å². The highest BCUT2D eigenvalue weighted by Gasteiger charge is 2.15. The summed E-state index contributed by atoms with van der Waals surface area (Å²) in [5.41, 5.74) is 2.14. The summed E-state index contributed by atoms with van der Waals surface area (Å²) in [5, 5.41) is 9.54. The maximum Gasteiger partial charge on any atom is 0.350 e. The third-order valence-electron chi connectivity index (χ3n) is 2.54. The van der Waals surface area contributed by atoms with Crippen LogP contribution in [0.1, 0.15) is 31.5 Å². The van der Waals surface area contributed by atoms with E-state index in [1.54, 1.807) is 31.2 Å². The molecule has 0 aliphatic carbocycles. The number of hydrogen-bond acceptors (Lipinski definition) is 5. The molecular weight excluding hydrogens is 260 g/mol. The maximum atomic E-state index is 11.9. The van der Waals surface area contributed by atoms with Gasteiger partial charge >= 0.3 is 5.97 Å². The lowest BCUT2D eigenvalue weighted by molar-refractivity contribution is 0.0477. The fourth-order valence-electron chi connectivity index (χ4n) is 1.61. The molecule has 1 aromatic heterocycles. The summed E-state index contributed by atoms with van der Waals surface area (Å²) >= 11 is 1.33. The Kier molecular flexibility index (Phi) is 3.93. The molecule has 0 saturated carbocycles. The van der Waals surface area contributed by atoms with Crippen LogP contribution >= 0.6 is 11.3 Å². The summed E-state index contributed by atoms with van der Waals surface area (Å²) in [4.78, 5) is 16.6. The first kappa shape index (κ1) is 13.2. The summed E-state index contributed by atoms with van der Waals surface area (Å²) in [6.45, 7) is 3.85. The van der Waals surface area contributed by atoms with E-state index in [-0.39, 0.29) is 12.6 Å². The summed E-state index contributed by atoms with van der Waals surface area (Å²) in [5.74, 6) is -0.354. The van der Waals surface area contributed by atoms with Gasteiger partial charge in [0, 0.05) is 0 Å². The molecule has 0 atom stereocenters. The van der Waals surface area contributed by atoms with E-state index in [1.165, 1.54) is 11.3 Å². The van der Waals surface area contributed by atoms with Gasteiger partial charge in [-0.2, -0.15) is 5.26 Å². The van der Waals surface area contributed by atoms with Gasteiger partial charge in [0.05, 0.1) is 22.3 Å². The molecule has 0 radical (unpaired) electrons. The minimum atomic E-state index is -0.354. The van der Waals surface area contributed by atoms with Crippen LogP contribution in [-0.2, 0) is 11.3 Å². The first-order chi connectivity index (χ1) is 9.10. The van der Waals surface area contributed by atoms with E-state index in [2.05, 4.69) is 4.98 Å². The number of carbonyl (C=O) groups is 1. The number of esters is 1. The number of aromatic nitrogens is 1. The van der Waals surface area contributed by atoms with E-state index >= 15 is 0 Å². The third-order valence-corrected chi connectivity index (χ3v) is 3.59. The smallest absolute Gasteiger partial charge is 0.350 e. The number of rotatable bonds is 3. The van der Waals surface area contributed by atoms with Crippen LogP contribution in [0.2, 0.25) is 0 Å². The fraction of sp³-hybridized carbons (Fsp3) is 0.214. The van der Waals surface area contributed by atoms with Crippen molar-refractivity contribution in [2.75, 3.05) is 0 Å². The topological polar surface area (TPSA) is 63.0 Å². The van der Waals surface area contributed by atoms with Crippen LogP contribution in [0.5, 0.6) is 0 Å². The van der Waals surface area contributed by atoms with Gasteiger partial charge in [0.1, 0.15) is 11.5 Å². The number of nitrogens with zero attached hydrogens (tertiary/aromatic N) is 2. The molecule has 96 valence electrons. The van der Waals surface area contributed by atoms with Crippen molar-refractivity contribution in [3.05, 3.63) is 51.0 Å². The number of nitriles is 1. The second-order valence-corrected chi connectivity index (χ2v) is 5.24. The number of benzene rings is 1. The number of thiazole rings is 1. The van der Waals surface area contributed by atoms with E-state index in [9.17, 15) is 4.79 Å². The predicted molar refractivity (Wildman–Crippen MR) is 71.9 cm³/mol. The number of aryl methyl sites for hydroxylation is 2. The molecular formula is C14H12N2O2S. The van der Waals surface area contributed by atoms with Crippen LogP contribution in [0.4, 0.5) is 0 Å². The average Bonchev–Trinajstić information content (AvgIpc) is 2.75. The van der Waals surface area contributed by atoms with Crippen molar-refractivity contribution in [3.63, 3.8) is 0 Å². The van der Waals surface area contributed by atoms with Crippen LogP contribution in [0.15, 0.2) is 24.3 Å². The lowest BCUT2D eigenvalue weighted by Crippen LogP contribution is -2.04. The normalized spacial score (nSPS) is 9.95. The van der Waals surface area contributed by atoms with Gasteiger partial charge in [-0.15, -0.1) is 11.3 Å². The quantitative estimate of drug-likeness (QED) is 0.806. The summed E-state index contributed by atoms with van der Waals surface area (Å²) in [6.07, 6.45) is 0. The summed E-state index contributed by atoms with van der Waals surface area (Å²) in [7, 11) is 0. The summed E-state index contributed by atoms with van der Waals surface area (Å²) < 4.78 is 5.23. The van der Waals surface area contributed by atoms with E-state index in [0.717, 1.165) is 10.6 Å². The van der Waals surface area contributed by atoms with Crippen LogP contribution in [0, 0.1) is 25.2 Å². The van der Waals surface area contributed by atoms with Gasteiger partial charge in [-0.05, 0) is 31.5 Å². The molecule has 0 aliphatic heterocycles. The van der Waals surface area contributed by atoms with E-state index in [1.807, 2.05) is 13.0 Å². The fourth-order valence-corrected chi connectivity index (χ4v) is 2.42. The molecule has 1 heterocycles. The monoisotopic (exact) mass is 272 g/mol. The van der Waals surface area contributed by atoms with Crippen molar-refractivity contribution in [2.24, 2.45) is 0 Å². The number of hydrogen-bond donors (Lipinski definition) is 0. The zero-order chi connectivity index (χ0) is 13.8. The first-order valence-electron chi connectivity index (χ1n) is 5.70. The Morgan fingerprint density at radius 3 is 2.58 bits per heavy atom. The highest BCUT2D eigenvalue weighted by atomic mass is 32.1. The molecule has 2 aromatic rings. The van der Waals surface area contributed by atoms with Crippen LogP contribution in [-0.4, -0.2) is 11.0 Å². The minimum Gasteiger partial charge on any atom is -0.457 e. The van der Waals surface area contributed by atoms with Gasteiger partial charge < -0.3 is 4.74 Å². The van der Waals surface area contributed by atoms with Gasteiger partial charge in [-0.1, -0.05) is 12.1 Å². The molecule has 0 aliphatic rings. The molecule has 1 aromatic carbocycles. The standard InChI is InChI=1S/C14H12N2O2S/c1-9-13(19-10(2)16-9)14(17)18-8-12-5-3-11(7-15)4-6-12/h3-6H,8H2,1-2H3. The van der Waals surface area contributed by atoms with Gasteiger partial charge in [0.2, 0.25) is 0 Å². The molecule has 0 fully saturated rings. The van der Waals surface area contributed by atoms with E-state index in [0.29, 0.717) is 16.1 Å². The Hall–Kier alpha value is -2.19. The largest absolute Gasteiger partial charge is 0.457 e. The zero-order valence-corrected chi connectivity index (χ0v) is 11.5. The second-order valence-electron chi connectivity index (χ2n) is 4.03. The molecule has 0 saturated heterocycles. The minimum absolute atomic E-state index is 0.195. The van der Waals surface area contributed by atoms with Gasteiger partial charge in [-0.3, -0.25) is 0 Å². The Labute approximate surface area is 115 Å². The third kappa shape index (κ3) is 3.18. The molecule has 0 spiro atoms. The van der Waals surface area contributed by atoms with E-state index in [4.69, 9.17) is 10.00 Å². The Bertz CT molecular complexity index is 638. The highest BCUT2D eigenvalue weighted by molar-refractivity contribution is 7.13. The Balaban J connectivity index is 2.00. The maximum absolute atomic E-state index is 11.9. The van der Waals surface area contributed by atoms with Gasteiger partial charge in [0.15, 0.2) is 0 Å². The van der Waals surface area contributed by atoms with Gasteiger partial charge in [0.25, 0.3) is 0 Å². The van der Waals surface area contributed by atoms with Crippen molar-refractivity contribution in [1.29, 1.82) is 5.26 Å². The summed E-state index contributed by atoms with van der Waals surface area (Å²) in [6, 6.07) is 8.99. The SMILES string of the molecule is Cc1nc(C)c(C(=O)OCc2ccc(C#N)cc2)s1. The van der Waals surface area contributed by atoms with Crippen molar-refractivity contribution < 1.29 is 9.53 Å². The van der Waals surface area contributed by atoms with Crippen molar-refractivity contribution in [1.82, 2.24) is 4.98 Å². The highest BCUT2D eigenvalue weighted by Crippen LogP contribution is 2.18. The molecule has 0 unspecified atom stereocenters. The van der Waals surface area contributed by atoms with Crippen molar-refractivity contribution in [2.45, 2.75) is 20.5 Å². The van der Waals surface area contributed by atoms with Gasteiger partial charge in [-0.25, -0.2) is 9.78 Å². The van der Waals surface area contributed by atoms with Crippen molar-refractivity contribution >= 4 is 17.3 Å². The lowest BCUT2D eigenvalue weighted by atomic mass is 10.2. The predicted octanol–water partition coefficient (Wildman–Crippen LogP) is 2.99. The Morgan fingerprint density at radius 2 is 2.05 bits per heavy atom. The average molecular weight is 272 g/mol. The molecule has 2 rings (SSSR count). The zero-order valence-electron chi connectivity index (χ0n) is 10.6. The lowest BCUT2D eigenvalue weighted by Gasteiger charge is -2.03. The van der Waals surface area contributed by atoms with Crippen LogP contribution < -0.4 is 0 Å². The van der Waals surface area contributed by atoms with E-state index < -0.39 is 0 Å². The molecule has 5 heteroatoms. The van der Waals surface area contributed by atoms with Crippen molar-refractivity contribution in [3.8, 4) is 6.07 Å². The first-order valence-corrected chi connectivity index (χ1v) is 6.52. The number of ether oxygens (including phenoxy) is 1.